The van der Waals surface area contributed by atoms with Crippen LogP contribution < -0.4 is 10.4 Å². The molecule has 2 N–H and O–H groups in total. The van der Waals surface area contributed by atoms with Crippen LogP contribution in [-0.4, -0.2) is 35.4 Å². The number of carboxylic acid groups (broad SMARTS) is 1. The predicted octanol–water partition coefficient (Wildman–Crippen LogP) is -0.598. The van der Waals surface area contributed by atoms with Gasteiger partial charge in [-0.1, -0.05) is 0 Å². The first-order valence-corrected chi connectivity index (χ1v) is 5.07. The zero-order chi connectivity index (χ0) is 12.8. The second-order valence-corrected chi connectivity index (χ2v) is 4.38. The molecule has 1 atom stereocenters. The molecule has 0 fully saturated rings. The summed E-state index contributed by atoms with van der Waals surface area (Å²) < 4.78 is 4.89. The van der Waals surface area contributed by atoms with E-state index in [0.717, 1.165) is 0 Å². The minimum atomic E-state index is -1.39. The molecule has 1 amide bonds. The number of hydrogen-bond acceptors (Lipinski definition) is 5. The van der Waals surface area contributed by atoms with Crippen molar-refractivity contribution in [3.8, 4) is 0 Å². The molecule has 0 spiro atoms. The summed E-state index contributed by atoms with van der Waals surface area (Å²) in [7, 11) is 0. The number of alkyl carbamates (subject to hydrolysis) is 1. The number of amides is 1. The molecule has 0 aliphatic heterocycles. The van der Waals surface area contributed by atoms with Crippen molar-refractivity contribution in [1.29, 1.82) is 0 Å². The van der Waals surface area contributed by atoms with Crippen LogP contribution in [-0.2, 0) is 9.53 Å². The van der Waals surface area contributed by atoms with Crippen LogP contribution in [0.2, 0.25) is 0 Å². The van der Waals surface area contributed by atoms with Gasteiger partial charge in [0.25, 0.3) is 0 Å². The zero-order valence-electron chi connectivity index (χ0n) is 9.78. The van der Waals surface area contributed by atoms with Gasteiger partial charge < -0.3 is 25.1 Å². The molecular formula is C10H18NO5-. The summed E-state index contributed by atoms with van der Waals surface area (Å²) in [5, 5.41) is 21.4. The summed E-state index contributed by atoms with van der Waals surface area (Å²) in [6, 6.07) is -1.14. The first kappa shape index (κ1) is 14.7. The highest BCUT2D eigenvalue weighted by Gasteiger charge is 2.19. The number of aliphatic carboxylic acids is 1. The van der Waals surface area contributed by atoms with Crippen LogP contribution >= 0.6 is 0 Å². The van der Waals surface area contributed by atoms with Gasteiger partial charge in [-0.15, -0.1) is 0 Å². The molecule has 6 nitrogen and oxygen atoms in total. The lowest BCUT2D eigenvalue weighted by atomic mass is 10.1. The maximum atomic E-state index is 11.2. The van der Waals surface area contributed by atoms with E-state index in [4.69, 9.17) is 9.84 Å². The van der Waals surface area contributed by atoms with Crippen molar-refractivity contribution in [3.63, 3.8) is 0 Å². The maximum Gasteiger partial charge on any atom is 0.408 e. The average Bonchev–Trinajstić information content (AvgIpc) is 2.08. The smallest absolute Gasteiger partial charge is 0.408 e. The Labute approximate surface area is 94.6 Å². The molecule has 0 radical (unpaired) electrons. The molecular weight excluding hydrogens is 214 g/mol. The van der Waals surface area contributed by atoms with Crippen LogP contribution in [0.15, 0.2) is 0 Å². The Balaban J connectivity index is 4.19. The topological polar surface area (TPSA) is 98.7 Å². The summed E-state index contributed by atoms with van der Waals surface area (Å²) in [4.78, 5) is 21.9. The van der Waals surface area contributed by atoms with Crippen molar-refractivity contribution in [3.05, 3.63) is 0 Å². The zero-order valence-corrected chi connectivity index (χ0v) is 9.78. The summed E-state index contributed by atoms with van der Waals surface area (Å²) in [6.45, 7) is 4.89. The molecule has 0 saturated carbocycles. The Morgan fingerprint density at radius 3 is 2.38 bits per heavy atom. The van der Waals surface area contributed by atoms with E-state index in [2.05, 4.69) is 5.32 Å². The minimum absolute atomic E-state index is 0.109. The molecule has 0 saturated heterocycles. The molecule has 0 aromatic heterocycles. The average molecular weight is 232 g/mol. The van der Waals surface area contributed by atoms with Crippen LogP contribution in [0, 0.1) is 0 Å². The largest absolute Gasteiger partial charge is 0.548 e. The van der Waals surface area contributed by atoms with Gasteiger partial charge in [-0.3, -0.25) is 0 Å². The second kappa shape index (κ2) is 6.32. The number of hydrogen-bond donors (Lipinski definition) is 2. The number of carbonyl (C=O) groups excluding carboxylic acids is 2. The van der Waals surface area contributed by atoms with E-state index < -0.39 is 23.7 Å². The van der Waals surface area contributed by atoms with Crippen LogP contribution in [0.1, 0.15) is 33.6 Å². The first-order chi connectivity index (χ1) is 7.26. The van der Waals surface area contributed by atoms with E-state index in [0.29, 0.717) is 0 Å². The number of carboxylic acids is 1. The second-order valence-electron chi connectivity index (χ2n) is 4.38. The number of aliphatic hydroxyl groups is 1. The monoisotopic (exact) mass is 232 g/mol. The highest BCUT2D eigenvalue weighted by molar-refractivity contribution is 5.78. The van der Waals surface area contributed by atoms with Crippen molar-refractivity contribution < 1.29 is 24.5 Å². The van der Waals surface area contributed by atoms with Crippen LogP contribution in [0.25, 0.3) is 0 Å². The lowest BCUT2D eigenvalue weighted by Crippen LogP contribution is -2.49. The van der Waals surface area contributed by atoms with Crippen molar-refractivity contribution >= 4 is 12.1 Å². The molecule has 0 bridgehead atoms. The molecule has 94 valence electrons. The fourth-order valence-corrected chi connectivity index (χ4v) is 0.994. The Morgan fingerprint density at radius 1 is 1.44 bits per heavy atom. The summed E-state index contributed by atoms with van der Waals surface area (Å²) in [5.41, 5.74) is -0.683. The van der Waals surface area contributed by atoms with Gasteiger partial charge in [0, 0.05) is 6.61 Å². The number of nitrogens with one attached hydrogen (secondary N) is 1. The molecule has 1 unspecified atom stereocenters. The Bertz CT molecular complexity index is 246. The van der Waals surface area contributed by atoms with Crippen LogP contribution in [0.3, 0.4) is 0 Å². The van der Waals surface area contributed by atoms with E-state index in [-0.39, 0.29) is 19.4 Å². The Hall–Kier alpha value is -1.30. The fraction of sp³-hybridized carbons (Fsp3) is 0.800. The van der Waals surface area contributed by atoms with Gasteiger partial charge in [0.2, 0.25) is 0 Å². The molecule has 16 heavy (non-hydrogen) atoms. The van der Waals surface area contributed by atoms with Gasteiger partial charge >= 0.3 is 6.09 Å². The Morgan fingerprint density at radius 2 is 2.00 bits per heavy atom. The molecule has 0 rings (SSSR count). The van der Waals surface area contributed by atoms with Crippen molar-refractivity contribution in [1.82, 2.24) is 5.32 Å². The van der Waals surface area contributed by atoms with Crippen molar-refractivity contribution in [2.45, 2.75) is 45.3 Å². The fourth-order valence-electron chi connectivity index (χ4n) is 0.994. The number of aliphatic hydroxyl groups excluding tert-OH is 1. The molecule has 0 heterocycles. The minimum Gasteiger partial charge on any atom is -0.548 e. The van der Waals surface area contributed by atoms with Crippen molar-refractivity contribution in [2.75, 3.05) is 6.61 Å². The molecule has 0 aliphatic carbocycles. The predicted molar refractivity (Wildman–Crippen MR) is 54.5 cm³/mol. The summed E-state index contributed by atoms with van der Waals surface area (Å²) in [5.74, 6) is -1.39. The maximum absolute atomic E-state index is 11.2. The lowest BCUT2D eigenvalue weighted by molar-refractivity contribution is -0.308. The highest BCUT2D eigenvalue weighted by Crippen LogP contribution is 2.07. The van der Waals surface area contributed by atoms with E-state index in [1.54, 1.807) is 20.8 Å². The van der Waals surface area contributed by atoms with Gasteiger partial charge in [0.1, 0.15) is 5.60 Å². The molecule has 6 heteroatoms. The normalized spacial score (nSPS) is 13.0. The van der Waals surface area contributed by atoms with Gasteiger partial charge in [0.05, 0.1) is 12.0 Å². The van der Waals surface area contributed by atoms with Crippen LogP contribution in [0.4, 0.5) is 4.79 Å². The number of carbonyl (C=O) groups is 2. The van der Waals surface area contributed by atoms with E-state index in [9.17, 15) is 14.7 Å². The molecule has 0 aliphatic rings. The Kier molecular flexibility index (Phi) is 5.81. The first-order valence-electron chi connectivity index (χ1n) is 5.07. The van der Waals surface area contributed by atoms with E-state index in [1.807, 2.05) is 0 Å². The van der Waals surface area contributed by atoms with E-state index >= 15 is 0 Å². The summed E-state index contributed by atoms with van der Waals surface area (Å²) in [6.07, 6.45) is -0.424. The summed E-state index contributed by atoms with van der Waals surface area (Å²) >= 11 is 0. The SMILES string of the molecule is CC(C)(C)OC(=O)NC(CCCO)C(=O)[O-]. The van der Waals surface area contributed by atoms with Gasteiger partial charge in [-0.25, -0.2) is 4.79 Å². The van der Waals surface area contributed by atoms with Gasteiger partial charge in [-0.05, 0) is 33.6 Å². The van der Waals surface area contributed by atoms with Gasteiger partial charge in [-0.2, -0.15) is 0 Å². The molecule has 0 aromatic rings. The van der Waals surface area contributed by atoms with Crippen LogP contribution in [0.5, 0.6) is 0 Å². The lowest BCUT2D eigenvalue weighted by Gasteiger charge is -2.24. The number of rotatable bonds is 5. The third-order valence-electron chi connectivity index (χ3n) is 1.63. The third kappa shape index (κ3) is 7.05. The van der Waals surface area contributed by atoms with Gasteiger partial charge in [0.15, 0.2) is 0 Å². The van der Waals surface area contributed by atoms with Crippen molar-refractivity contribution in [2.24, 2.45) is 0 Å². The highest BCUT2D eigenvalue weighted by atomic mass is 16.6. The molecule has 0 aromatic carbocycles. The number of ether oxygens (including phenoxy) is 1. The quantitative estimate of drug-likeness (QED) is 0.659. The standard InChI is InChI=1S/C10H19NO5/c1-10(2,3)16-9(15)11-7(8(13)14)5-4-6-12/h7,12H,4-6H2,1-3H3,(H,11,15)(H,13,14)/p-1. The third-order valence-corrected chi connectivity index (χ3v) is 1.63. The van der Waals surface area contributed by atoms with E-state index in [1.165, 1.54) is 0 Å².